The molecule has 1 atom stereocenters. The molecule has 3 aromatic rings. The SMILES string of the molecule is CC(=O)Nc1ccc(NC(=O)c2ccc3[nH]c4c(c3c2)CC(C)CC4)cc1. The molecule has 0 saturated heterocycles. The van der Waals surface area contributed by atoms with Crippen LogP contribution in [0, 0.1) is 5.92 Å². The van der Waals surface area contributed by atoms with E-state index in [4.69, 9.17) is 0 Å². The van der Waals surface area contributed by atoms with E-state index >= 15 is 0 Å². The maximum atomic E-state index is 12.7. The molecular formula is C22H23N3O2. The molecule has 3 N–H and O–H groups in total. The summed E-state index contributed by atoms with van der Waals surface area (Å²) in [6.45, 7) is 3.75. The zero-order valence-electron chi connectivity index (χ0n) is 15.6. The van der Waals surface area contributed by atoms with E-state index < -0.39 is 0 Å². The third-order valence-electron chi connectivity index (χ3n) is 5.16. The van der Waals surface area contributed by atoms with Crippen LogP contribution in [-0.2, 0) is 17.6 Å². The third kappa shape index (κ3) is 3.58. The summed E-state index contributed by atoms with van der Waals surface area (Å²) in [5.41, 5.74) is 5.82. The number of nitrogens with one attached hydrogen (secondary N) is 3. The Morgan fingerprint density at radius 3 is 2.44 bits per heavy atom. The Morgan fingerprint density at radius 1 is 1.04 bits per heavy atom. The lowest BCUT2D eigenvalue weighted by atomic mass is 9.87. The van der Waals surface area contributed by atoms with Gasteiger partial charge in [-0.1, -0.05) is 6.92 Å². The molecular weight excluding hydrogens is 338 g/mol. The first kappa shape index (κ1) is 17.3. The fourth-order valence-electron chi connectivity index (χ4n) is 3.78. The molecule has 4 rings (SSSR count). The van der Waals surface area contributed by atoms with Crippen molar-refractivity contribution in [3.8, 4) is 0 Å². The Hall–Kier alpha value is -3.08. The number of hydrogen-bond acceptors (Lipinski definition) is 2. The van der Waals surface area contributed by atoms with Crippen molar-refractivity contribution >= 4 is 34.1 Å². The van der Waals surface area contributed by atoms with Gasteiger partial charge in [0.25, 0.3) is 5.91 Å². The summed E-state index contributed by atoms with van der Waals surface area (Å²) in [6, 6.07) is 12.9. The fourth-order valence-corrected chi connectivity index (χ4v) is 3.78. The molecule has 1 aliphatic rings. The standard InChI is InChI=1S/C22H23N3O2/c1-13-3-9-20-18(11-13)19-12-15(4-10-21(19)25-20)22(27)24-17-7-5-16(6-8-17)23-14(2)26/h4-8,10,12-13,25H,3,9,11H2,1-2H3,(H,23,26)(H,24,27). The predicted octanol–water partition coefficient (Wildman–Crippen LogP) is 4.50. The average Bonchev–Trinajstić information content (AvgIpc) is 3.00. The first-order valence-corrected chi connectivity index (χ1v) is 9.32. The molecule has 0 spiro atoms. The molecule has 5 nitrogen and oxygen atoms in total. The molecule has 1 unspecified atom stereocenters. The lowest BCUT2D eigenvalue weighted by molar-refractivity contribution is -0.114. The predicted molar refractivity (Wildman–Crippen MR) is 108 cm³/mol. The van der Waals surface area contributed by atoms with E-state index in [2.05, 4.69) is 22.5 Å². The van der Waals surface area contributed by atoms with Crippen LogP contribution in [0.15, 0.2) is 42.5 Å². The number of carbonyl (C=O) groups is 2. The number of amides is 2. The van der Waals surface area contributed by atoms with Gasteiger partial charge in [0.1, 0.15) is 0 Å². The maximum absolute atomic E-state index is 12.7. The summed E-state index contributed by atoms with van der Waals surface area (Å²) >= 11 is 0. The number of benzene rings is 2. The molecule has 0 radical (unpaired) electrons. The van der Waals surface area contributed by atoms with Crippen molar-refractivity contribution in [1.82, 2.24) is 4.98 Å². The topological polar surface area (TPSA) is 74.0 Å². The van der Waals surface area contributed by atoms with E-state index in [9.17, 15) is 9.59 Å². The van der Waals surface area contributed by atoms with Crippen molar-refractivity contribution < 1.29 is 9.59 Å². The second kappa shape index (κ2) is 6.91. The molecule has 0 aliphatic heterocycles. The third-order valence-corrected chi connectivity index (χ3v) is 5.16. The highest BCUT2D eigenvalue weighted by Crippen LogP contribution is 2.32. The van der Waals surface area contributed by atoms with Gasteiger partial charge in [0.15, 0.2) is 0 Å². The highest BCUT2D eigenvalue weighted by atomic mass is 16.2. The van der Waals surface area contributed by atoms with E-state index in [1.807, 2.05) is 18.2 Å². The van der Waals surface area contributed by atoms with Crippen molar-refractivity contribution in [3.63, 3.8) is 0 Å². The second-order valence-electron chi connectivity index (χ2n) is 7.40. The van der Waals surface area contributed by atoms with E-state index in [0.717, 1.165) is 23.7 Å². The quantitative estimate of drug-likeness (QED) is 0.642. The van der Waals surface area contributed by atoms with Crippen LogP contribution in [0.5, 0.6) is 0 Å². The minimum atomic E-state index is -0.136. The Bertz CT molecular complexity index is 1020. The molecule has 0 fully saturated rings. The zero-order valence-corrected chi connectivity index (χ0v) is 15.6. The number of carbonyl (C=O) groups excluding carboxylic acids is 2. The number of H-pyrrole nitrogens is 1. The molecule has 5 heteroatoms. The van der Waals surface area contributed by atoms with Crippen LogP contribution in [-0.4, -0.2) is 16.8 Å². The number of hydrogen-bond donors (Lipinski definition) is 3. The van der Waals surface area contributed by atoms with Crippen LogP contribution >= 0.6 is 0 Å². The van der Waals surface area contributed by atoms with Crippen molar-refractivity contribution in [1.29, 1.82) is 0 Å². The number of fused-ring (bicyclic) bond motifs is 3. The number of aryl methyl sites for hydroxylation is 1. The summed E-state index contributed by atoms with van der Waals surface area (Å²) < 4.78 is 0. The van der Waals surface area contributed by atoms with E-state index in [0.29, 0.717) is 22.9 Å². The smallest absolute Gasteiger partial charge is 0.255 e. The summed E-state index contributed by atoms with van der Waals surface area (Å²) in [6.07, 6.45) is 3.35. The molecule has 0 saturated carbocycles. The lowest BCUT2D eigenvalue weighted by Gasteiger charge is -2.18. The van der Waals surface area contributed by atoms with Gasteiger partial charge in [0.2, 0.25) is 5.91 Å². The van der Waals surface area contributed by atoms with Gasteiger partial charge < -0.3 is 15.6 Å². The van der Waals surface area contributed by atoms with Crippen molar-refractivity contribution in [2.45, 2.75) is 33.1 Å². The number of aromatic nitrogens is 1. The van der Waals surface area contributed by atoms with Gasteiger partial charge in [-0.2, -0.15) is 0 Å². The van der Waals surface area contributed by atoms with Gasteiger partial charge >= 0.3 is 0 Å². The lowest BCUT2D eigenvalue weighted by Crippen LogP contribution is -2.12. The van der Waals surface area contributed by atoms with Crippen LogP contribution in [0.1, 0.15) is 41.9 Å². The number of anilines is 2. The molecule has 1 aromatic heterocycles. The molecule has 2 amide bonds. The average molecular weight is 361 g/mol. The molecule has 2 aromatic carbocycles. The van der Waals surface area contributed by atoms with Gasteiger partial charge in [-0.05, 0) is 73.2 Å². The zero-order chi connectivity index (χ0) is 19.0. The monoisotopic (exact) mass is 361 g/mol. The normalized spacial score (nSPS) is 16.0. The maximum Gasteiger partial charge on any atom is 0.255 e. The van der Waals surface area contributed by atoms with E-state index in [1.165, 1.54) is 24.6 Å². The van der Waals surface area contributed by atoms with Crippen LogP contribution in [0.2, 0.25) is 0 Å². The van der Waals surface area contributed by atoms with Crippen LogP contribution in [0.25, 0.3) is 10.9 Å². The molecule has 1 aliphatic carbocycles. The minimum Gasteiger partial charge on any atom is -0.358 e. The summed E-state index contributed by atoms with van der Waals surface area (Å²) in [4.78, 5) is 27.3. The minimum absolute atomic E-state index is 0.121. The van der Waals surface area contributed by atoms with Gasteiger partial charge in [-0.3, -0.25) is 9.59 Å². The number of rotatable bonds is 3. The molecule has 138 valence electrons. The van der Waals surface area contributed by atoms with Crippen molar-refractivity contribution in [2.75, 3.05) is 10.6 Å². The largest absolute Gasteiger partial charge is 0.358 e. The first-order chi connectivity index (χ1) is 13.0. The van der Waals surface area contributed by atoms with Gasteiger partial charge in [-0.15, -0.1) is 0 Å². The summed E-state index contributed by atoms with van der Waals surface area (Å²) in [7, 11) is 0. The van der Waals surface area contributed by atoms with E-state index in [-0.39, 0.29) is 11.8 Å². The van der Waals surface area contributed by atoms with Crippen LogP contribution < -0.4 is 10.6 Å². The summed E-state index contributed by atoms with van der Waals surface area (Å²) in [5.74, 6) is 0.420. The van der Waals surface area contributed by atoms with Crippen molar-refractivity contribution in [2.24, 2.45) is 5.92 Å². The molecule has 1 heterocycles. The van der Waals surface area contributed by atoms with Crippen LogP contribution in [0.3, 0.4) is 0 Å². The Balaban J connectivity index is 1.56. The Morgan fingerprint density at radius 2 is 1.74 bits per heavy atom. The summed E-state index contributed by atoms with van der Waals surface area (Å²) in [5, 5.41) is 6.79. The van der Waals surface area contributed by atoms with Gasteiger partial charge in [-0.25, -0.2) is 0 Å². The second-order valence-corrected chi connectivity index (χ2v) is 7.40. The number of aromatic amines is 1. The fraction of sp³-hybridized carbons (Fsp3) is 0.273. The highest BCUT2D eigenvalue weighted by Gasteiger charge is 2.20. The van der Waals surface area contributed by atoms with Crippen molar-refractivity contribution in [3.05, 3.63) is 59.3 Å². The molecule has 0 bridgehead atoms. The van der Waals surface area contributed by atoms with E-state index in [1.54, 1.807) is 24.3 Å². The molecule has 27 heavy (non-hydrogen) atoms. The van der Waals surface area contributed by atoms with Gasteiger partial charge in [0.05, 0.1) is 0 Å². The van der Waals surface area contributed by atoms with Crippen LogP contribution in [0.4, 0.5) is 11.4 Å². The first-order valence-electron chi connectivity index (χ1n) is 9.32. The highest BCUT2D eigenvalue weighted by molar-refractivity contribution is 6.06. The Labute approximate surface area is 158 Å². The van der Waals surface area contributed by atoms with Gasteiger partial charge in [0, 0.05) is 40.5 Å². The Kier molecular flexibility index (Phi) is 4.44.